The number of hydrogen-bond acceptors (Lipinski definition) is 8. The summed E-state index contributed by atoms with van der Waals surface area (Å²) in [7, 11) is 1.94. The number of aliphatic carboxylic acids is 2. The first-order valence-electron chi connectivity index (χ1n) is 15.5. The van der Waals surface area contributed by atoms with Crippen molar-refractivity contribution in [3.63, 3.8) is 0 Å². The number of aromatic nitrogens is 2. The van der Waals surface area contributed by atoms with Gasteiger partial charge in [-0.2, -0.15) is 31.4 Å². The van der Waals surface area contributed by atoms with Gasteiger partial charge in [0.1, 0.15) is 0 Å². The number of benzene rings is 1. The second-order valence-electron chi connectivity index (χ2n) is 12.7. The third kappa shape index (κ3) is 9.15. The molecule has 0 radical (unpaired) electrons. The number of carboxylic acids is 2. The number of piperidine rings is 1. The number of fused-ring (bicyclic) bond motifs is 1. The maximum absolute atomic E-state index is 12.4. The second-order valence-corrected chi connectivity index (χ2v) is 12.7. The van der Waals surface area contributed by atoms with E-state index in [1.165, 1.54) is 51.0 Å². The van der Waals surface area contributed by atoms with Crippen LogP contribution in [0.25, 0.3) is 10.9 Å². The van der Waals surface area contributed by atoms with Crippen molar-refractivity contribution in [1.82, 2.24) is 25.3 Å². The minimum absolute atomic E-state index is 0.189. The van der Waals surface area contributed by atoms with Gasteiger partial charge in [-0.25, -0.2) is 9.59 Å². The van der Waals surface area contributed by atoms with Crippen LogP contribution in [0.4, 0.5) is 32.0 Å². The molecule has 2 amide bonds. The van der Waals surface area contributed by atoms with Crippen molar-refractivity contribution in [2.45, 2.75) is 56.8 Å². The Hall–Kier alpha value is -3.93. The molecule has 1 aromatic heterocycles. The van der Waals surface area contributed by atoms with Crippen LogP contribution in [0.5, 0.6) is 0 Å². The molecule has 1 saturated carbocycles. The molecule has 1 atom stereocenters. The number of piperazine rings is 1. The van der Waals surface area contributed by atoms with Gasteiger partial charge in [-0.15, -0.1) is 0 Å². The highest BCUT2D eigenvalue weighted by molar-refractivity contribution is 6.02. The molecule has 4 fully saturated rings. The summed E-state index contributed by atoms with van der Waals surface area (Å²) in [5, 5.41) is 25.9. The fourth-order valence-corrected chi connectivity index (χ4v) is 6.54. The lowest BCUT2D eigenvalue weighted by atomic mass is 9.67. The van der Waals surface area contributed by atoms with Crippen LogP contribution in [0.2, 0.25) is 0 Å². The summed E-state index contributed by atoms with van der Waals surface area (Å²) >= 11 is 0. The molecular weight excluding hydrogens is 654 g/mol. The number of aryl methyl sites for hydroxylation is 1. The summed E-state index contributed by atoms with van der Waals surface area (Å²) in [5.74, 6) is -5.42. The third-order valence-corrected chi connectivity index (χ3v) is 9.34. The molecule has 18 heteroatoms. The van der Waals surface area contributed by atoms with Crippen LogP contribution in [0.1, 0.15) is 50.1 Å². The van der Waals surface area contributed by atoms with Gasteiger partial charge in [0.15, 0.2) is 0 Å². The molecule has 1 unspecified atom stereocenters. The van der Waals surface area contributed by atoms with E-state index in [4.69, 9.17) is 19.8 Å². The summed E-state index contributed by atoms with van der Waals surface area (Å²) < 4.78 is 65.3. The third-order valence-electron chi connectivity index (χ3n) is 9.34. The van der Waals surface area contributed by atoms with E-state index in [1.54, 1.807) is 0 Å². The minimum atomic E-state index is -5.08. The highest BCUT2D eigenvalue weighted by Crippen LogP contribution is 2.42. The summed E-state index contributed by atoms with van der Waals surface area (Å²) in [6, 6.07) is 6.49. The molecule has 48 heavy (non-hydrogen) atoms. The molecule has 1 spiro atoms. The van der Waals surface area contributed by atoms with Crippen LogP contribution in [0.15, 0.2) is 18.2 Å². The Labute approximate surface area is 271 Å². The molecule has 1 aliphatic carbocycles. The molecule has 4 N–H and O–H groups in total. The number of carbonyl (C=O) groups excluding carboxylic acids is 2. The number of nitrogens with one attached hydrogen (secondary N) is 2. The van der Waals surface area contributed by atoms with Crippen molar-refractivity contribution in [2.75, 3.05) is 50.7 Å². The van der Waals surface area contributed by atoms with Crippen molar-refractivity contribution in [1.29, 1.82) is 0 Å². The van der Waals surface area contributed by atoms with Gasteiger partial charge in [0.05, 0.1) is 17.1 Å². The van der Waals surface area contributed by atoms with Crippen LogP contribution in [0.3, 0.4) is 0 Å². The first kappa shape index (κ1) is 36.9. The van der Waals surface area contributed by atoms with E-state index in [-0.39, 0.29) is 17.7 Å². The van der Waals surface area contributed by atoms with Crippen LogP contribution < -0.4 is 15.5 Å². The van der Waals surface area contributed by atoms with E-state index >= 15 is 0 Å². The predicted molar refractivity (Wildman–Crippen MR) is 159 cm³/mol. The monoisotopic (exact) mass is 692 g/mol. The van der Waals surface area contributed by atoms with Gasteiger partial charge in [0.2, 0.25) is 11.8 Å². The van der Waals surface area contributed by atoms with E-state index in [0.29, 0.717) is 18.3 Å². The molecule has 6 rings (SSSR count). The van der Waals surface area contributed by atoms with E-state index in [9.17, 15) is 35.9 Å². The first-order chi connectivity index (χ1) is 22.4. The standard InChI is InChI=1S/C26H36N6O2.2C2HF3O2/c1-30-22-14-19(2-3-20(22)24(29-30)21-4-5-23(33)28-25(21)34)32-12-10-31(11-13-32)15-18-6-8-26(9-7-18)16-27-17-26;2*3-2(4,5)1(6)7/h2-3,14,18,21,27H,4-13,15-17H2,1H3,(H,28,33,34);2*(H,6,7). The van der Waals surface area contributed by atoms with Crippen molar-refractivity contribution < 1.29 is 55.7 Å². The average molecular weight is 693 g/mol. The highest BCUT2D eigenvalue weighted by Gasteiger charge is 2.41. The number of rotatable bonds is 4. The molecule has 12 nitrogen and oxygen atoms in total. The fourth-order valence-electron chi connectivity index (χ4n) is 6.54. The van der Waals surface area contributed by atoms with Crippen LogP contribution >= 0.6 is 0 Å². The first-order valence-corrected chi connectivity index (χ1v) is 15.5. The number of imide groups is 1. The summed E-state index contributed by atoms with van der Waals surface area (Å²) in [6.07, 6.45) is -3.65. The Morgan fingerprint density at radius 2 is 1.50 bits per heavy atom. The van der Waals surface area contributed by atoms with Crippen molar-refractivity contribution in [3.8, 4) is 0 Å². The number of carbonyl (C=O) groups is 4. The van der Waals surface area contributed by atoms with Gasteiger partial charge in [0, 0.05) is 70.4 Å². The zero-order valence-electron chi connectivity index (χ0n) is 26.2. The summed E-state index contributed by atoms with van der Waals surface area (Å²) in [4.78, 5) is 46.9. The molecule has 1 aromatic carbocycles. The molecular formula is C30H38F6N6O6. The Bertz CT molecular complexity index is 1470. The van der Waals surface area contributed by atoms with Gasteiger partial charge < -0.3 is 20.4 Å². The fraction of sp³-hybridized carbons (Fsp3) is 0.633. The Balaban J connectivity index is 0.000000314. The number of nitrogens with zero attached hydrogens (tertiary/aromatic N) is 4. The topological polar surface area (TPSA) is 157 Å². The van der Waals surface area contributed by atoms with Crippen molar-refractivity contribution >= 4 is 40.3 Å². The minimum Gasteiger partial charge on any atom is -0.475 e. The van der Waals surface area contributed by atoms with Crippen LogP contribution in [0, 0.1) is 11.3 Å². The average Bonchev–Trinajstić information content (AvgIpc) is 3.32. The summed E-state index contributed by atoms with van der Waals surface area (Å²) in [5.41, 5.74) is 3.70. The number of alkyl halides is 6. The summed E-state index contributed by atoms with van der Waals surface area (Å²) in [6.45, 7) is 8.08. The molecule has 3 aliphatic heterocycles. The molecule has 0 bridgehead atoms. The molecule has 266 valence electrons. The highest BCUT2D eigenvalue weighted by atomic mass is 19.4. The van der Waals surface area contributed by atoms with Crippen molar-refractivity contribution in [2.24, 2.45) is 18.4 Å². The van der Waals surface area contributed by atoms with E-state index in [1.807, 2.05) is 11.7 Å². The Morgan fingerprint density at radius 3 is 1.98 bits per heavy atom. The second kappa shape index (κ2) is 14.7. The lowest BCUT2D eigenvalue weighted by Gasteiger charge is -2.48. The maximum atomic E-state index is 12.4. The lowest BCUT2D eigenvalue weighted by Crippen LogP contribution is -2.55. The van der Waals surface area contributed by atoms with Gasteiger partial charge in [0.25, 0.3) is 0 Å². The molecule has 2 aromatic rings. The van der Waals surface area contributed by atoms with Gasteiger partial charge in [-0.05, 0) is 61.6 Å². The SMILES string of the molecule is Cn1nc(C2CCC(=O)NC2=O)c2ccc(N3CCN(CC4CCC5(CC4)CNC5)CC3)cc21.O=C(O)C(F)(F)F.O=C(O)C(F)(F)F. The number of amides is 2. The number of carboxylic acid groups (broad SMARTS) is 2. The number of anilines is 1. The smallest absolute Gasteiger partial charge is 0.475 e. The van der Waals surface area contributed by atoms with Crippen LogP contribution in [-0.2, 0) is 26.2 Å². The van der Waals surface area contributed by atoms with Crippen molar-refractivity contribution in [3.05, 3.63) is 23.9 Å². The lowest BCUT2D eigenvalue weighted by molar-refractivity contribution is -0.193. The molecule has 3 saturated heterocycles. The maximum Gasteiger partial charge on any atom is 0.490 e. The normalized spacial score (nSPS) is 21.8. The van der Waals surface area contributed by atoms with Gasteiger partial charge in [-0.3, -0.25) is 24.5 Å². The van der Waals surface area contributed by atoms with Crippen LogP contribution in [-0.4, -0.2) is 107 Å². The van der Waals surface area contributed by atoms with Gasteiger partial charge in [-0.1, -0.05) is 0 Å². The zero-order chi connectivity index (χ0) is 35.4. The largest absolute Gasteiger partial charge is 0.490 e. The number of hydrogen-bond donors (Lipinski definition) is 4. The Morgan fingerprint density at radius 1 is 0.938 bits per heavy atom. The predicted octanol–water partition coefficient (Wildman–Crippen LogP) is 3.26. The Kier molecular flexibility index (Phi) is 11.3. The van der Waals surface area contributed by atoms with E-state index in [0.717, 1.165) is 48.7 Å². The zero-order valence-corrected chi connectivity index (χ0v) is 26.2. The van der Waals surface area contributed by atoms with E-state index < -0.39 is 24.3 Å². The number of halogens is 6. The van der Waals surface area contributed by atoms with E-state index in [2.05, 4.69) is 43.7 Å². The molecule has 4 aliphatic rings. The molecule has 4 heterocycles. The quantitative estimate of drug-likeness (QED) is 0.277. The van der Waals surface area contributed by atoms with Gasteiger partial charge >= 0.3 is 24.3 Å².